The van der Waals surface area contributed by atoms with Gasteiger partial charge in [0, 0.05) is 25.9 Å². The fourth-order valence-corrected chi connectivity index (χ4v) is 1.86. The Kier molecular flexibility index (Phi) is 3.61. The van der Waals surface area contributed by atoms with Crippen LogP contribution in [0.25, 0.3) is 0 Å². The molecule has 4 heteroatoms. The number of ether oxygens (including phenoxy) is 1. The minimum absolute atomic E-state index is 0.656. The van der Waals surface area contributed by atoms with Crippen molar-refractivity contribution in [3.63, 3.8) is 0 Å². The van der Waals surface area contributed by atoms with Crippen molar-refractivity contribution in [2.45, 2.75) is 26.3 Å². The van der Waals surface area contributed by atoms with Gasteiger partial charge in [-0.15, -0.1) is 0 Å². The fourth-order valence-electron chi connectivity index (χ4n) is 1.86. The highest BCUT2D eigenvalue weighted by Crippen LogP contribution is 2.14. The third-order valence-corrected chi connectivity index (χ3v) is 2.81. The highest BCUT2D eigenvalue weighted by atomic mass is 16.5. The lowest BCUT2D eigenvalue weighted by molar-refractivity contribution is 0.0595. The summed E-state index contributed by atoms with van der Waals surface area (Å²) >= 11 is 0. The van der Waals surface area contributed by atoms with Gasteiger partial charge in [0.2, 0.25) is 0 Å². The zero-order valence-corrected chi connectivity index (χ0v) is 9.28. The zero-order valence-electron chi connectivity index (χ0n) is 9.28. The number of nitrogens with zero attached hydrogens (tertiary/aromatic N) is 2. The molecule has 1 aliphatic heterocycles. The molecule has 0 saturated carbocycles. The zero-order chi connectivity index (χ0) is 10.5. The van der Waals surface area contributed by atoms with Crippen LogP contribution in [-0.4, -0.2) is 29.5 Å². The van der Waals surface area contributed by atoms with Crippen molar-refractivity contribution < 1.29 is 4.74 Å². The number of aromatic nitrogens is 2. The van der Waals surface area contributed by atoms with E-state index >= 15 is 0 Å². The number of rotatable bonds is 4. The minimum Gasteiger partial charge on any atom is -0.382 e. The average Bonchev–Trinajstić information content (AvgIpc) is 2.76. The van der Waals surface area contributed by atoms with Crippen molar-refractivity contribution in [1.82, 2.24) is 9.78 Å². The lowest BCUT2D eigenvalue weighted by atomic mass is 10.0. The van der Waals surface area contributed by atoms with E-state index in [1.165, 1.54) is 12.8 Å². The fraction of sp³-hybridized carbons (Fsp3) is 0.727. The standard InChI is InChI=1S/C11H19N3O/c1-2-14-8-11(7-13-14)12-6-10-4-3-5-15-9-10/h7-8,10,12H,2-6,9H2,1H3. The van der Waals surface area contributed by atoms with Crippen LogP contribution in [-0.2, 0) is 11.3 Å². The number of hydrogen-bond donors (Lipinski definition) is 1. The topological polar surface area (TPSA) is 39.1 Å². The molecular weight excluding hydrogens is 190 g/mol. The summed E-state index contributed by atoms with van der Waals surface area (Å²) in [6, 6.07) is 0. The lowest BCUT2D eigenvalue weighted by Crippen LogP contribution is -2.24. The van der Waals surface area contributed by atoms with Crippen LogP contribution in [0.15, 0.2) is 12.4 Å². The first-order chi connectivity index (χ1) is 7.38. The normalized spacial score (nSPS) is 21.5. The Hall–Kier alpha value is -1.03. The van der Waals surface area contributed by atoms with Crippen molar-refractivity contribution in [1.29, 1.82) is 0 Å². The van der Waals surface area contributed by atoms with Gasteiger partial charge < -0.3 is 10.1 Å². The molecule has 1 aliphatic rings. The van der Waals surface area contributed by atoms with Crippen LogP contribution in [0.5, 0.6) is 0 Å². The molecule has 1 N–H and O–H groups in total. The van der Waals surface area contributed by atoms with E-state index in [0.717, 1.165) is 32.0 Å². The van der Waals surface area contributed by atoms with Crippen molar-refractivity contribution in [2.75, 3.05) is 25.1 Å². The molecule has 2 rings (SSSR count). The smallest absolute Gasteiger partial charge is 0.0726 e. The molecule has 0 aromatic carbocycles. The molecule has 0 spiro atoms. The second-order valence-corrected chi connectivity index (χ2v) is 4.05. The maximum atomic E-state index is 5.44. The van der Waals surface area contributed by atoms with E-state index in [0.29, 0.717) is 5.92 Å². The molecular formula is C11H19N3O. The van der Waals surface area contributed by atoms with E-state index in [4.69, 9.17) is 4.74 Å². The Morgan fingerprint density at radius 1 is 1.67 bits per heavy atom. The summed E-state index contributed by atoms with van der Waals surface area (Å²) in [5, 5.41) is 7.63. The van der Waals surface area contributed by atoms with Gasteiger partial charge in [-0.05, 0) is 25.7 Å². The maximum Gasteiger partial charge on any atom is 0.0726 e. The first-order valence-corrected chi connectivity index (χ1v) is 5.72. The predicted molar refractivity (Wildman–Crippen MR) is 59.9 cm³/mol. The quantitative estimate of drug-likeness (QED) is 0.821. The summed E-state index contributed by atoms with van der Waals surface area (Å²) in [4.78, 5) is 0. The monoisotopic (exact) mass is 209 g/mol. The first-order valence-electron chi connectivity index (χ1n) is 5.72. The third kappa shape index (κ3) is 2.96. The van der Waals surface area contributed by atoms with Gasteiger partial charge in [0.05, 0.1) is 18.5 Å². The molecule has 1 atom stereocenters. The van der Waals surface area contributed by atoms with E-state index in [1.54, 1.807) is 0 Å². The first kappa shape index (κ1) is 10.5. The molecule has 0 amide bonds. The molecule has 1 aromatic heterocycles. The summed E-state index contributed by atoms with van der Waals surface area (Å²) in [6.07, 6.45) is 6.40. The lowest BCUT2D eigenvalue weighted by Gasteiger charge is -2.22. The number of anilines is 1. The third-order valence-electron chi connectivity index (χ3n) is 2.81. The van der Waals surface area contributed by atoms with Gasteiger partial charge in [0.25, 0.3) is 0 Å². The van der Waals surface area contributed by atoms with E-state index in [9.17, 15) is 0 Å². The largest absolute Gasteiger partial charge is 0.382 e. The summed E-state index contributed by atoms with van der Waals surface area (Å²) in [6.45, 7) is 5.84. The van der Waals surface area contributed by atoms with Crippen molar-refractivity contribution in [2.24, 2.45) is 5.92 Å². The highest BCUT2D eigenvalue weighted by molar-refractivity contribution is 5.37. The van der Waals surface area contributed by atoms with Crippen molar-refractivity contribution >= 4 is 5.69 Å². The highest BCUT2D eigenvalue weighted by Gasteiger charge is 2.13. The van der Waals surface area contributed by atoms with Gasteiger partial charge in [-0.25, -0.2) is 0 Å². The second-order valence-electron chi connectivity index (χ2n) is 4.05. The number of hydrogen-bond acceptors (Lipinski definition) is 3. The molecule has 0 bridgehead atoms. The molecule has 0 radical (unpaired) electrons. The van der Waals surface area contributed by atoms with Crippen LogP contribution in [0.3, 0.4) is 0 Å². The molecule has 1 aromatic rings. The summed E-state index contributed by atoms with van der Waals surface area (Å²) in [5.74, 6) is 0.656. The number of aryl methyl sites for hydroxylation is 1. The van der Waals surface area contributed by atoms with E-state index in [2.05, 4.69) is 17.3 Å². The Morgan fingerprint density at radius 2 is 2.60 bits per heavy atom. The number of nitrogens with one attached hydrogen (secondary N) is 1. The van der Waals surface area contributed by atoms with Crippen LogP contribution < -0.4 is 5.32 Å². The van der Waals surface area contributed by atoms with Gasteiger partial charge in [-0.3, -0.25) is 4.68 Å². The molecule has 15 heavy (non-hydrogen) atoms. The van der Waals surface area contributed by atoms with E-state index in [1.807, 2.05) is 17.1 Å². The average molecular weight is 209 g/mol. The van der Waals surface area contributed by atoms with Gasteiger partial charge in [0.15, 0.2) is 0 Å². The van der Waals surface area contributed by atoms with Crippen LogP contribution >= 0.6 is 0 Å². The molecule has 1 unspecified atom stereocenters. The molecule has 2 heterocycles. The SMILES string of the molecule is CCn1cc(NCC2CCCOC2)cn1. The van der Waals surface area contributed by atoms with E-state index in [-0.39, 0.29) is 0 Å². The van der Waals surface area contributed by atoms with Gasteiger partial charge in [0.1, 0.15) is 0 Å². The maximum absolute atomic E-state index is 5.44. The molecule has 84 valence electrons. The Bertz CT molecular complexity index is 292. The summed E-state index contributed by atoms with van der Waals surface area (Å²) < 4.78 is 7.37. The van der Waals surface area contributed by atoms with Gasteiger partial charge >= 0.3 is 0 Å². The van der Waals surface area contributed by atoms with Gasteiger partial charge in [-0.1, -0.05) is 0 Å². The van der Waals surface area contributed by atoms with Crippen molar-refractivity contribution in [3.8, 4) is 0 Å². The predicted octanol–water partition coefficient (Wildman–Crippen LogP) is 1.74. The Morgan fingerprint density at radius 3 is 3.27 bits per heavy atom. The summed E-state index contributed by atoms with van der Waals surface area (Å²) in [5.41, 5.74) is 1.11. The van der Waals surface area contributed by atoms with Crippen molar-refractivity contribution in [3.05, 3.63) is 12.4 Å². The second kappa shape index (κ2) is 5.16. The van der Waals surface area contributed by atoms with Crippen LogP contribution in [0, 0.1) is 5.92 Å². The van der Waals surface area contributed by atoms with Crippen LogP contribution in [0.4, 0.5) is 5.69 Å². The Labute approximate surface area is 90.6 Å². The van der Waals surface area contributed by atoms with Crippen LogP contribution in [0.1, 0.15) is 19.8 Å². The van der Waals surface area contributed by atoms with Gasteiger partial charge in [-0.2, -0.15) is 5.10 Å². The molecule has 1 fully saturated rings. The summed E-state index contributed by atoms with van der Waals surface area (Å²) in [7, 11) is 0. The molecule has 0 aliphatic carbocycles. The van der Waals surface area contributed by atoms with E-state index < -0.39 is 0 Å². The van der Waals surface area contributed by atoms with Crippen LogP contribution in [0.2, 0.25) is 0 Å². The molecule has 4 nitrogen and oxygen atoms in total. The minimum atomic E-state index is 0.656. The Balaban J connectivity index is 1.76. The molecule has 1 saturated heterocycles.